The van der Waals surface area contributed by atoms with E-state index in [0.29, 0.717) is 12.1 Å². The molecule has 0 saturated carbocycles. The summed E-state index contributed by atoms with van der Waals surface area (Å²) in [7, 11) is 1.55. The van der Waals surface area contributed by atoms with Gasteiger partial charge >= 0.3 is 0 Å². The van der Waals surface area contributed by atoms with E-state index in [0.717, 1.165) is 12.8 Å². The summed E-state index contributed by atoms with van der Waals surface area (Å²) in [6.07, 6.45) is 3.80. The molecule has 0 bridgehead atoms. The maximum absolute atomic E-state index is 11.8. The number of hydrazine groups is 1. The van der Waals surface area contributed by atoms with Crippen molar-refractivity contribution in [1.29, 1.82) is 0 Å². The molecule has 2 aliphatic rings. The monoisotopic (exact) mass is 239 g/mol. The Kier molecular flexibility index (Phi) is 3.49. The van der Waals surface area contributed by atoms with Crippen LogP contribution >= 0.6 is 0 Å². The number of amides is 2. The Bertz CT molecular complexity index is 322. The lowest BCUT2D eigenvalue weighted by Crippen LogP contribution is -2.56. The quantitative estimate of drug-likeness (QED) is 0.713. The first-order valence-corrected chi connectivity index (χ1v) is 6.35. The molecule has 2 rings (SSSR count). The Hall–Kier alpha value is -0.940. The van der Waals surface area contributed by atoms with Crippen LogP contribution in [-0.4, -0.2) is 46.9 Å². The molecule has 0 aromatic rings. The fourth-order valence-electron chi connectivity index (χ4n) is 2.71. The van der Waals surface area contributed by atoms with Crippen LogP contribution in [0.25, 0.3) is 0 Å². The van der Waals surface area contributed by atoms with Gasteiger partial charge in [0.25, 0.3) is 0 Å². The van der Waals surface area contributed by atoms with E-state index in [1.54, 1.807) is 7.05 Å². The molecule has 3 unspecified atom stereocenters. The van der Waals surface area contributed by atoms with Crippen LogP contribution in [0.5, 0.6) is 0 Å². The predicted octanol–water partition coefficient (Wildman–Crippen LogP) is 0.511. The van der Waals surface area contributed by atoms with Crippen molar-refractivity contribution in [2.45, 2.75) is 57.7 Å². The summed E-state index contributed by atoms with van der Waals surface area (Å²) in [5, 5.41) is 2.15. The predicted molar refractivity (Wildman–Crippen MR) is 63.9 cm³/mol. The number of imide groups is 1. The van der Waals surface area contributed by atoms with Crippen molar-refractivity contribution in [2.75, 3.05) is 7.05 Å². The minimum Gasteiger partial charge on any atom is -0.284 e. The maximum atomic E-state index is 11.8. The minimum absolute atomic E-state index is 0.0928. The summed E-state index contributed by atoms with van der Waals surface area (Å²) < 4.78 is 0. The lowest BCUT2D eigenvalue weighted by Gasteiger charge is -2.40. The van der Waals surface area contributed by atoms with E-state index in [-0.39, 0.29) is 24.3 Å². The molecular weight excluding hydrogens is 218 g/mol. The molecular formula is C12H21N3O2. The fraction of sp³-hybridized carbons (Fsp3) is 0.833. The Morgan fingerprint density at radius 2 is 1.76 bits per heavy atom. The average Bonchev–Trinajstić information content (AvgIpc) is 2.52. The van der Waals surface area contributed by atoms with Crippen LogP contribution in [0.15, 0.2) is 0 Å². The molecule has 1 N–H and O–H groups in total. The molecule has 17 heavy (non-hydrogen) atoms. The number of hydrogen-bond acceptors (Lipinski definition) is 4. The van der Waals surface area contributed by atoms with E-state index < -0.39 is 0 Å². The summed E-state index contributed by atoms with van der Waals surface area (Å²) >= 11 is 0. The number of carbonyl (C=O) groups is 2. The minimum atomic E-state index is -0.365. The SMILES string of the molecule is CC1CCCC(C)N1NC1CC(=O)N(C)C1=O. The van der Waals surface area contributed by atoms with E-state index in [9.17, 15) is 9.59 Å². The van der Waals surface area contributed by atoms with Gasteiger partial charge in [0.1, 0.15) is 6.04 Å². The van der Waals surface area contributed by atoms with E-state index in [1.807, 2.05) is 0 Å². The molecule has 0 spiro atoms. The van der Waals surface area contributed by atoms with Crippen molar-refractivity contribution in [3.63, 3.8) is 0 Å². The van der Waals surface area contributed by atoms with Crippen LogP contribution in [0.1, 0.15) is 39.5 Å². The molecule has 2 aliphatic heterocycles. The molecule has 2 fully saturated rings. The summed E-state index contributed by atoms with van der Waals surface area (Å²) in [5.74, 6) is -0.204. The van der Waals surface area contributed by atoms with Gasteiger partial charge in [0.05, 0.1) is 6.42 Å². The average molecular weight is 239 g/mol. The van der Waals surface area contributed by atoms with E-state index in [2.05, 4.69) is 24.3 Å². The number of carbonyl (C=O) groups excluding carboxylic acids is 2. The Labute approximate surface area is 102 Å². The number of hydrogen-bond donors (Lipinski definition) is 1. The molecule has 96 valence electrons. The zero-order chi connectivity index (χ0) is 12.6. The molecule has 0 aliphatic carbocycles. The standard InChI is InChI=1S/C12H21N3O2/c1-8-5-4-6-9(2)15(8)13-10-7-11(16)14(3)12(10)17/h8-10,13H,4-7H2,1-3H3. The van der Waals surface area contributed by atoms with E-state index in [4.69, 9.17) is 0 Å². The van der Waals surface area contributed by atoms with Gasteiger partial charge in [-0.25, -0.2) is 10.4 Å². The molecule has 5 nitrogen and oxygen atoms in total. The first kappa shape index (κ1) is 12.5. The molecule has 5 heteroatoms. The summed E-state index contributed by atoms with van der Waals surface area (Å²) in [6, 6.07) is 0.482. The van der Waals surface area contributed by atoms with Gasteiger partial charge in [-0.2, -0.15) is 0 Å². The number of rotatable bonds is 2. The Balaban J connectivity index is 2.01. The van der Waals surface area contributed by atoms with Gasteiger partial charge in [0, 0.05) is 19.1 Å². The third-order valence-electron chi connectivity index (χ3n) is 3.88. The second kappa shape index (κ2) is 4.74. The van der Waals surface area contributed by atoms with Crippen LogP contribution in [0, 0.1) is 0 Å². The van der Waals surface area contributed by atoms with Gasteiger partial charge in [-0.15, -0.1) is 0 Å². The number of piperidine rings is 1. The lowest BCUT2D eigenvalue weighted by atomic mass is 9.99. The normalized spacial score (nSPS) is 35.7. The van der Waals surface area contributed by atoms with Crippen molar-refractivity contribution < 1.29 is 9.59 Å². The molecule has 0 radical (unpaired) electrons. The van der Waals surface area contributed by atoms with Crippen molar-refractivity contribution in [2.24, 2.45) is 0 Å². The third kappa shape index (κ3) is 2.35. The Morgan fingerprint density at radius 3 is 2.24 bits per heavy atom. The van der Waals surface area contributed by atoms with Crippen LogP contribution in [0.2, 0.25) is 0 Å². The van der Waals surface area contributed by atoms with Gasteiger partial charge < -0.3 is 0 Å². The number of nitrogens with zero attached hydrogens (tertiary/aromatic N) is 2. The highest BCUT2D eigenvalue weighted by Crippen LogP contribution is 2.22. The molecule has 0 aromatic carbocycles. The smallest absolute Gasteiger partial charge is 0.247 e. The van der Waals surface area contributed by atoms with Gasteiger partial charge in [-0.3, -0.25) is 14.5 Å². The fourth-order valence-corrected chi connectivity index (χ4v) is 2.71. The Morgan fingerprint density at radius 1 is 1.18 bits per heavy atom. The van der Waals surface area contributed by atoms with Crippen molar-refractivity contribution in [3.05, 3.63) is 0 Å². The van der Waals surface area contributed by atoms with Gasteiger partial charge in [-0.05, 0) is 26.7 Å². The highest BCUT2D eigenvalue weighted by molar-refractivity contribution is 6.05. The summed E-state index contributed by atoms with van der Waals surface area (Å²) in [4.78, 5) is 24.5. The van der Waals surface area contributed by atoms with E-state index in [1.165, 1.54) is 11.3 Å². The van der Waals surface area contributed by atoms with Crippen LogP contribution < -0.4 is 5.43 Å². The molecule has 3 atom stereocenters. The van der Waals surface area contributed by atoms with Crippen molar-refractivity contribution in [3.8, 4) is 0 Å². The number of likely N-dealkylation sites (N-methyl/N-ethyl adjacent to an activating group) is 1. The largest absolute Gasteiger partial charge is 0.284 e. The van der Waals surface area contributed by atoms with Gasteiger partial charge in [-0.1, -0.05) is 6.42 Å². The zero-order valence-corrected chi connectivity index (χ0v) is 10.8. The zero-order valence-electron chi connectivity index (χ0n) is 10.8. The first-order chi connectivity index (χ1) is 8.00. The molecule has 0 aromatic heterocycles. The van der Waals surface area contributed by atoms with Crippen molar-refractivity contribution in [1.82, 2.24) is 15.3 Å². The summed E-state index contributed by atoms with van der Waals surface area (Å²) in [5.41, 5.74) is 3.25. The molecule has 2 amide bonds. The summed E-state index contributed by atoms with van der Waals surface area (Å²) in [6.45, 7) is 4.32. The highest BCUT2D eigenvalue weighted by atomic mass is 16.2. The van der Waals surface area contributed by atoms with Gasteiger partial charge in [0.2, 0.25) is 11.8 Å². The molecule has 2 heterocycles. The maximum Gasteiger partial charge on any atom is 0.247 e. The highest BCUT2D eigenvalue weighted by Gasteiger charge is 2.38. The van der Waals surface area contributed by atoms with Crippen molar-refractivity contribution >= 4 is 11.8 Å². The number of likely N-dealkylation sites (tertiary alicyclic amines) is 1. The van der Waals surface area contributed by atoms with Crippen LogP contribution in [-0.2, 0) is 9.59 Å². The van der Waals surface area contributed by atoms with E-state index >= 15 is 0 Å². The third-order valence-corrected chi connectivity index (χ3v) is 3.88. The number of nitrogens with one attached hydrogen (secondary N) is 1. The second-order valence-electron chi connectivity index (χ2n) is 5.21. The van der Waals surface area contributed by atoms with Crippen LogP contribution in [0.4, 0.5) is 0 Å². The topological polar surface area (TPSA) is 52.7 Å². The second-order valence-corrected chi connectivity index (χ2v) is 5.21. The van der Waals surface area contributed by atoms with Gasteiger partial charge in [0.15, 0.2) is 0 Å². The lowest BCUT2D eigenvalue weighted by molar-refractivity contribution is -0.137. The van der Waals surface area contributed by atoms with Crippen LogP contribution in [0.3, 0.4) is 0 Å². The first-order valence-electron chi connectivity index (χ1n) is 6.35. The molecule has 2 saturated heterocycles.